The van der Waals surface area contributed by atoms with Gasteiger partial charge < -0.3 is 15.0 Å². The summed E-state index contributed by atoms with van der Waals surface area (Å²) in [5.41, 5.74) is 2.26. The number of benzene rings is 1. The van der Waals surface area contributed by atoms with E-state index in [0.29, 0.717) is 18.1 Å². The fraction of sp³-hybridized carbons (Fsp3) is 0.400. The van der Waals surface area contributed by atoms with Crippen molar-refractivity contribution in [3.8, 4) is 5.75 Å². The van der Waals surface area contributed by atoms with Crippen molar-refractivity contribution in [2.24, 2.45) is 5.92 Å². The maximum atomic E-state index is 12.8. The zero-order valence-corrected chi connectivity index (χ0v) is 14.9. The van der Waals surface area contributed by atoms with Gasteiger partial charge in [0.25, 0.3) is 5.91 Å². The number of nitrogens with one attached hydrogen (secondary N) is 1. The monoisotopic (exact) mass is 339 g/mol. The molecule has 132 valence electrons. The molecule has 1 saturated heterocycles. The number of likely N-dealkylation sites (tertiary alicyclic amines) is 1. The van der Waals surface area contributed by atoms with E-state index >= 15 is 0 Å². The normalized spacial score (nSPS) is 17.2. The standard InChI is InChI=1S/C20H25N3O2/c1-3-25-19-9-5-4-8-18(19)22-17-11-16(12-21-13-17)20(24)23-10-6-7-15(2)14-23/h4-5,8-9,11-13,15,22H,3,6-7,10,14H2,1-2H3. The molecular formula is C20H25N3O2. The van der Waals surface area contributed by atoms with Gasteiger partial charge in [0.15, 0.2) is 0 Å². The molecule has 0 saturated carbocycles. The van der Waals surface area contributed by atoms with Gasteiger partial charge in [-0.05, 0) is 43.9 Å². The number of ether oxygens (including phenoxy) is 1. The molecule has 1 aromatic carbocycles. The minimum absolute atomic E-state index is 0.0563. The number of hydrogen-bond acceptors (Lipinski definition) is 4. The molecule has 2 heterocycles. The molecule has 3 rings (SSSR count). The molecule has 0 bridgehead atoms. The molecule has 0 aliphatic carbocycles. The molecule has 0 spiro atoms. The number of rotatable bonds is 5. The number of nitrogens with zero attached hydrogens (tertiary/aromatic N) is 2. The summed E-state index contributed by atoms with van der Waals surface area (Å²) in [7, 11) is 0. The van der Waals surface area contributed by atoms with Gasteiger partial charge in [0.2, 0.25) is 0 Å². The Hall–Kier alpha value is -2.56. The lowest BCUT2D eigenvalue weighted by Gasteiger charge is -2.31. The Labute approximate surface area is 149 Å². The van der Waals surface area contributed by atoms with Gasteiger partial charge in [0.05, 0.1) is 29.7 Å². The highest BCUT2D eigenvalue weighted by molar-refractivity contribution is 5.95. The van der Waals surface area contributed by atoms with E-state index in [1.807, 2.05) is 42.2 Å². The maximum absolute atomic E-state index is 12.8. The van der Waals surface area contributed by atoms with Crippen LogP contribution in [-0.4, -0.2) is 35.5 Å². The Balaban J connectivity index is 1.76. The van der Waals surface area contributed by atoms with E-state index in [4.69, 9.17) is 4.74 Å². The molecule has 1 fully saturated rings. The number of aromatic nitrogens is 1. The van der Waals surface area contributed by atoms with Crippen LogP contribution >= 0.6 is 0 Å². The SMILES string of the molecule is CCOc1ccccc1Nc1cncc(C(=O)N2CCCC(C)C2)c1. The number of piperidine rings is 1. The zero-order valence-electron chi connectivity index (χ0n) is 14.9. The van der Waals surface area contributed by atoms with E-state index in [1.165, 1.54) is 6.42 Å². The molecule has 1 N–H and O–H groups in total. The van der Waals surface area contributed by atoms with Crippen LogP contribution in [0.4, 0.5) is 11.4 Å². The molecule has 25 heavy (non-hydrogen) atoms. The lowest BCUT2D eigenvalue weighted by Crippen LogP contribution is -2.39. The van der Waals surface area contributed by atoms with Crippen molar-refractivity contribution in [2.45, 2.75) is 26.7 Å². The molecule has 1 aliphatic heterocycles. The summed E-state index contributed by atoms with van der Waals surface area (Å²) < 4.78 is 5.64. The Morgan fingerprint density at radius 2 is 2.20 bits per heavy atom. The van der Waals surface area contributed by atoms with E-state index in [-0.39, 0.29) is 5.91 Å². The molecule has 5 heteroatoms. The smallest absolute Gasteiger partial charge is 0.255 e. The van der Waals surface area contributed by atoms with Gasteiger partial charge in [-0.3, -0.25) is 9.78 Å². The summed E-state index contributed by atoms with van der Waals surface area (Å²) in [6.07, 6.45) is 5.62. The van der Waals surface area contributed by atoms with Crippen molar-refractivity contribution in [3.05, 3.63) is 48.3 Å². The Bertz CT molecular complexity index is 732. The number of amides is 1. The first-order valence-electron chi connectivity index (χ1n) is 8.90. The van der Waals surface area contributed by atoms with Crippen LogP contribution in [0.5, 0.6) is 5.75 Å². The highest BCUT2D eigenvalue weighted by Gasteiger charge is 2.22. The molecule has 1 aromatic heterocycles. The van der Waals surface area contributed by atoms with Crippen molar-refractivity contribution in [3.63, 3.8) is 0 Å². The van der Waals surface area contributed by atoms with Crippen molar-refractivity contribution < 1.29 is 9.53 Å². The number of para-hydroxylation sites is 2. The zero-order chi connectivity index (χ0) is 17.6. The number of anilines is 2. The minimum atomic E-state index is 0.0563. The fourth-order valence-electron chi connectivity index (χ4n) is 3.19. The topological polar surface area (TPSA) is 54.5 Å². The summed E-state index contributed by atoms with van der Waals surface area (Å²) in [4.78, 5) is 18.9. The summed E-state index contributed by atoms with van der Waals surface area (Å²) in [5.74, 6) is 1.40. The highest BCUT2D eigenvalue weighted by Crippen LogP contribution is 2.27. The van der Waals surface area contributed by atoms with E-state index in [0.717, 1.165) is 36.6 Å². The van der Waals surface area contributed by atoms with Gasteiger partial charge in [-0.2, -0.15) is 0 Å². The minimum Gasteiger partial charge on any atom is -0.492 e. The predicted octanol–water partition coefficient (Wildman–Crippen LogP) is 4.10. The van der Waals surface area contributed by atoms with E-state index in [9.17, 15) is 4.79 Å². The second-order valence-electron chi connectivity index (χ2n) is 6.52. The fourth-order valence-corrected chi connectivity index (χ4v) is 3.19. The summed E-state index contributed by atoms with van der Waals surface area (Å²) >= 11 is 0. The van der Waals surface area contributed by atoms with Crippen molar-refractivity contribution >= 4 is 17.3 Å². The molecule has 1 unspecified atom stereocenters. The van der Waals surface area contributed by atoms with Gasteiger partial charge in [0, 0.05) is 19.3 Å². The Morgan fingerprint density at radius 1 is 1.36 bits per heavy atom. The largest absolute Gasteiger partial charge is 0.492 e. The predicted molar refractivity (Wildman–Crippen MR) is 99.4 cm³/mol. The van der Waals surface area contributed by atoms with Gasteiger partial charge in [-0.1, -0.05) is 19.1 Å². The molecule has 2 aromatic rings. The second kappa shape index (κ2) is 8.01. The van der Waals surface area contributed by atoms with E-state index in [1.54, 1.807) is 12.4 Å². The van der Waals surface area contributed by atoms with Crippen molar-refractivity contribution in [1.29, 1.82) is 0 Å². The van der Waals surface area contributed by atoms with Gasteiger partial charge in [0.1, 0.15) is 5.75 Å². The number of carbonyl (C=O) groups is 1. The molecular weight excluding hydrogens is 314 g/mol. The average Bonchev–Trinajstić information content (AvgIpc) is 2.63. The highest BCUT2D eigenvalue weighted by atomic mass is 16.5. The van der Waals surface area contributed by atoms with Gasteiger partial charge in [-0.15, -0.1) is 0 Å². The van der Waals surface area contributed by atoms with Crippen LogP contribution in [0.2, 0.25) is 0 Å². The molecule has 1 aliphatic rings. The van der Waals surface area contributed by atoms with Crippen LogP contribution in [0.3, 0.4) is 0 Å². The van der Waals surface area contributed by atoms with Crippen LogP contribution in [0.25, 0.3) is 0 Å². The van der Waals surface area contributed by atoms with Crippen LogP contribution in [0, 0.1) is 5.92 Å². The second-order valence-corrected chi connectivity index (χ2v) is 6.52. The van der Waals surface area contributed by atoms with E-state index < -0.39 is 0 Å². The van der Waals surface area contributed by atoms with Gasteiger partial charge >= 0.3 is 0 Å². The summed E-state index contributed by atoms with van der Waals surface area (Å²) in [6, 6.07) is 9.61. The van der Waals surface area contributed by atoms with Crippen LogP contribution in [0.1, 0.15) is 37.0 Å². The molecule has 5 nitrogen and oxygen atoms in total. The summed E-state index contributed by atoms with van der Waals surface area (Å²) in [5, 5.41) is 3.31. The van der Waals surface area contributed by atoms with Crippen molar-refractivity contribution in [2.75, 3.05) is 25.0 Å². The quantitative estimate of drug-likeness (QED) is 0.891. The molecule has 1 atom stereocenters. The first-order chi connectivity index (χ1) is 12.2. The first kappa shape index (κ1) is 17.3. The lowest BCUT2D eigenvalue weighted by molar-refractivity contribution is 0.0682. The average molecular weight is 339 g/mol. The third-order valence-corrected chi connectivity index (χ3v) is 4.40. The van der Waals surface area contributed by atoms with Crippen LogP contribution in [0.15, 0.2) is 42.7 Å². The van der Waals surface area contributed by atoms with Gasteiger partial charge in [-0.25, -0.2) is 0 Å². The van der Waals surface area contributed by atoms with Crippen LogP contribution < -0.4 is 10.1 Å². The molecule has 1 amide bonds. The maximum Gasteiger partial charge on any atom is 0.255 e. The number of pyridine rings is 1. The Kier molecular flexibility index (Phi) is 5.53. The van der Waals surface area contributed by atoms with E-state index in [2.05, 4.69) is 17.2 Å². The molecule has 0 radical (unpaired) electrons. The third-order valence-electron chi connectivity index (χ3n) is 4.40. The Morgan fingerprint density at radius 3 is 3.00 bits per heavy atom. The first-order valence-corrected chi connectivity index (χ1v) is 8.90. The van der Waals surface area contributed by atoms with Crippen molar-refractivity contribution in [1.82, 2.24) is 9.88 Å². The lowest BCUT2D eigenvalue weighted by atomic mass is 10.00. The number of hydrogen-bond donors (Lipinski definition) is 1. The summed E-state index contributed by atoms with van der Waals surface area (Å²) in [6.45, 7) is 6.40. The number of carbonyl (C=O) groups excluding carboxylic acids is 1. The third kappa shape index (κ3) is 4.29. The van der Waals surface area contributed by atoms with Crippen LogP contribution in [-0.2, 0) is 0 Å².